The van der Waals surface area contributed by atoms with Crippen molar-refractivity contribution in [1.29, 1.82) is 0 Å². The number of benzene rings is 2. The van der Waals surface area contributed by atoms with E-state index in [1.54, 1.807) is 18.6 Å². The molecule has 0 N–H and O–H groups in total. The predicted molar refractivity (Wildman–Crippen MR) is 126 cm³/mol. The van der Waals surface area contributed by atoms with Crippen molar-refractivity contribution in [1.82, 2.24) is 29.1 Å². The summed E-state index contributed by atoms with van der Waals surface area (Å²) < 4.78 is 4.29. The lowest BCUT2D eigenvalue weighted by Gasteiger charge is -2.08. The molecule has 0 unspecified atom stereocenters. The molecular formula is C26H16N6. The van der Waals surface area contributed by atoms with Gasteiger partial charge in [-0.05, 0) is 42.5 Å². The average Bonchev–Trinajstić information content (AvgIpc) is 3.36. The average molecular weight is 412 g/mol. The van der Waals surface area contributed by atoms with Crippen LogP contribution >= 0.6 is 0 Å². The van der Waals surface area contributed by atoms with Crippen molar-refractivity contribution < 1.29 is 0 Å². The van der Waals surface area contributed by atoms with Crippen molar-refractivity contribution in [3.05, 3.63) is 97.5 Å². The van der Waals surface area contributed by atoms with Crippen molar-refractivity contribution >= 4 is 44.3 Å². The molecule has 150 valence electrons. The topological polar surface area (TPSA) is 61.4 Å². The summed E-state index contributed by atoms with van der Waals surface area (Å²) in [5.41, 5.74) is 8.18. The molecule has 6 nitrogen and oxygen atoms in total. The van der Waals surface area contributed by atoms with Crippen molar-refractivity contribution in [2.45, 2.75) is 0 Å². The number of para-hydroxylation sites is 2. The normalized spacial score (nSPS) is 11.8. The monoisotopic (exact) mass is 412 g/mol. The summed E-state index contributed by atoms with van der Waals surface area (Å²) in [6.07, 6.45) is 5.38. The molecule has 0 amide bonds. The first-order valence-electron chi connectivity index (χ1n) is 10.4. The Bertz CT molecular complexity index is 1640. The van der Waals surface area contributed by atoms with E-state index in [-0.39, 0.29) is 0 Å². The fourth-order valence-corrected chi connectivity index (χ4v) is 4.52. The molecule has 0 aliphatic carbocycles. The van der Waals surface area contributed by atoms with E-state index in [1.165, 1.54) is 0 Å². The third-order valence-corrected chi connectivity index (χ3v) is 5.87. The molecule has 0 saturated carbocycles. The zero-order valence-electron chi connectivity index (χ0n) is 16.9. The molecule has 7 aromatic rings. The highest BCUT2D eigenvalue weighted by Gasteiger charge is 2.21. The molecule has 0 radical (unpaired) electrons. The third kappa shape index (κ3) is 2.29. The third-order valence-electron chi connectivity index (χ3n) is 5.87. The van der Waals surface area contributed by atoms with Gasteiger partial charge >= 0.3 is 0 Å². The van der Waals surface area contributed by atoms with Gasteiger partial charge < -0.3 is 0 Å². The molecule has 0 aliphatic heterocycles. The molecule has 0 saturated heterocycles. The van der Waals surface area contributed by atoms with Gasteiger partial charge in [-0.25, -0.2) is 9.97 Å². The van der Waals surface area contributed by atoms with Crippen LogP contribution in [-0.4, -0.2) is 29.1 Å². The summed E-state index contributed by atoms with van der Waals surface area (Å²) in [7, 11) is 0. The smallest absolute Gasteiger partial charge is 0.168 e. The van der Waals surface area contributed by atoms with E-state index in [9.17, 15) is 0 Å². The van der Waals surface area contributed by atoms with Crippen LogP contribution in [0.15, 0.2) is 97.5 Å². The number of nitrogens with zero attached hydrogens (tertiary/aromatic N) is 6. The van der Waals surface area contributed by atoms with E-state index in [0.29, 0.717) is 0 Å². The minimum atomic E-state index is 0.775. The Morgan fingerprint density at radius 1 is 0.500 bits per heavy atom. The highest BCUT2D eigenvalue weighted by molar-refractivity contribution is 6.11. The van der Waals surface area contributed by atoms with Gasteiger partial charge in [0.2, 0.25) is 0 Å². The van der Waals surface area contributed by atoms with E-state index in [1.807, 2.05) is 42.5 Å². The Kier molecular flexibility index (Phi) is 3.46. The largest absolute Gasteiger partial charge is 0.292 e. The lowest BCUT2D eigenvalue weighted by molar-refractivity contribution is 1.09. The minimum Gasteiger partial charge on any atom is -0.292 e. The molecule has 2 aromatic carbocycles. The molecule has 0 fully saturated rings. The van der Waals surface area contributed by atoms with Gasteiger partial charge in [0.25, 0.3) is 0 Å². The summed E-state index contributed by atoms with van der Waals surface area (Å²) in [6.45, 7) is 0. The van der Waals surface area contributed by atoms with Gasteiger partial charge in [0.05, 0.1) is 16.7 Å². The molecule has 0 atom stereocenters. The van der Waals surface area contributed by atoms with Crippen LogP contribution in [0.5, 0.6) is 0 Å². The molecule has 0 aliphatic rings. The van der Waals surface area contributed by atoms with E-state index in [0.717, 1.165) is 55.6 Å². The van der Waals surface area contributed by atoms with Gasteiger partial charge in [0.1, 0.15) is 16.6 Å². The number of pyridine rings is 2. The van der Waals surface area contributed by atoms with Gasteiger partial charge in [-0.2, -0.15) is 0 Å². The maximum Gasteiger partial charge on any atom is 0.168 e. The van der Waals surface area contributed by atoms with Crippen molar-refractivity contribution in [3.63, 3.8) is 0 Å². The van der Waals surface area contributed by atoms with Crippen LogP contribution in [0.4, 0.5) is 0 Å². The van der Waals surface area contributed by atoms with Crippen LogP contribution in [0, 0.1) is 0 Å². The maximum absolute atomic E-state index is 5.21. The maximum atomic E-state index is 5.21. The van der Waals surface area contributed by atoms with Crippen LogP contribution in [0.3, 0.4) is 0 Å². The highest BCUT2D eigenvalue weighted by Crippen LogP contribution is 2.34. The second-order valence-electron chi connectivity index (χ2n) is 7.67. The summed E-state index contributed by atoms with van der Waals surface area (Å²) in [5, 5.41) is 1.07. The van der Waals surface area contributed by atoms with E-state index in [2.05, 4.69) is 55.5 Å². The van der Waals surface area contributed by atoms with Gasteiger partial charge in [-0.15, -0.1) is 0 Å². The molecule has 5 heterocycles. The summed E-state index contributed by atoms with van der Waals surface area (Å²) >= 11 is 0. The zero-order valence-corrected chi connectivity index (χ0v) is 16.9. The number of hydrogen-bond acceptors (Lipinski definition) is 4. The fourth-order valence-electron chi connectivity index (χ4n) is 4.52. The number of aromatic nitrogens is 6. The summed E-state index contributed by atoms with van der Waals surface area (Å²) in [4.78, 5) is 19.2. The Morgan fingerprint density at radius 2 is 1.19 bits per heavy atom. The van der Waals surface area contributed by atoms with Crippen LogP contribution < -0.4 is 0 Å². The summed E-state index contributed by atoms with van der Waals surface area (Å²) in [5.74, 6) is 0. The highest BCUT2D eigenvalue weighted by atomic mass is 15.1. The van der Waals surface area contributed by atoms with E-state index < -0.39 is 0 Å². The molecule has 5 aromatic heterocycles. The quantitative estimate of drug-likeness (QED) is 0.378. The Balaban J connectivity index is 1.71. The molecule has 0 bridgehead atoms. The number of fused-ring (bicyclic) bond motifs is 6. The second kappa shape index (κ2) is 6.46. The van der Waals surface area contributed by atoms with Gasteiger partial charge in [0.15, 0.2) is 11.3 Å². The first-order chi connectivity index (χ1) is 15.9. The zero-order chi connectivity index (χ0) is 21.1. The molecule has 7 rings (SSSR count). The Labute approximate surface area is 182 Å². The van der Waals surface area contributed by atoms with Crippen LogP contribution in [0.25, 0.3) is 55.6 Å². The molecular weight excluding hydrogens is 396 g/mol. The molecule has 32 heavy (non-hydrogen) atoms. The van der Waals surface area contributed by atoms with Crippen LogP contribution in [0.1, 0.15) is 0 Å². The SMILES string of the molecule is c1ccc(-n2c3ccccc3c3nc4c5ncccc5n(-c5ccncc5)c4nc32)cc1. The minimum absolute atomic E-state index is 0.775. The van der Waals surface area contributed by atoms with Crippen molar-refractivity contribution in [2.75, 3.05) is 0 Å². The number of hydrogen-bond donors (Lipinski definition) is 0. The van der Waals surface area contributed by atoms with Crippen molar-refractivity contribution in [3.8, 4) is 11.4 Å². The number of rotatable bonds is 2. The Morgan fingerprint density at radius 3 is 2.06 bits per heavy atom. The van der Waals surface area contributed by atoms with Crippen LogP contribution in [0.2, 0.25) is 0 Å². The Hall–Kier alpha value is -4.58. The van der Waals surface area contributed by atoms with Crippen LogP contribution in [-0.2, 0) is 0 Å². The first-order valence-corrected chi connectivity index (χ1v) is 10.4. The lowest BCUT2D eigenvalue weighted by atomic mass is 10.2. The molecule has 0 spiro atoms. The molecule has 6 heteroatoms. The van der Waals surface area contributed by atoms with Gasteiger partial charge in [0, 0.05) is 29.7 Å². The standard InChI is InChI=1S/C26H16N6/c1-2-7-17(8-3-1)31-20-10-5-4-9-19(20)22-25(31)30-26-24(29-22)23-21(11-6-14-28-23)32(26)18-12-15-27-16-13-18/h1-16H. The summed E-state index contributed by atoms with van der Waals surface area (Å²) in [6, 6.07) is 26.6. The van der Waals surface area contributed by atoms with Gasteiger partial charge in [-0.3, -0.25) is 19.1 Å². The van der Waals surface area contributed by atoms with E-state index >= 15 is 0 Å². The second-order valence-corrected chi connectivity index (χ2v) is 7.67. The van der Waals surface area contributed by atoms with Gasteiger partial charge in [-0.1, -0.05) is 36.4 Å². The lowest BCUT2D eigenvalue weighted by Crippen LogP contribution is -1.99. The van der Waals surface area contributed by atoms with Crippen molar-refractivity contribution in [2.24, 2.45) is 0 Å². The predicted octanol–water partition coefficient (Wildman–Crippen LogP) is 5.46. The fraction of sp³-hybridized carbons (Fsp3) is 0. The van der Waals surface area contributed by atoms with E-state index in [4.69, 9.17) is 9.97 Å². The first kappa shape index (κ1) is 17.1.